The van der Waals surface area contributed by atoms with Crippen LogP contribution in [0.15, 0.2) is 30.5 Å². The summed E-state index contributed by atoms with van der Waals surface area (Å²) in [6.07, 6.45) is 5.94. The Morgan fingerprint density at radius 2 is 2.12 bits per heavy atom. The molecular weight excluding hydrogens is 198 g/mol. The summed E-state index contributed by atoms with van der Waals surface area (Å²) in [6.45, 7) is 1.07. The molecule has 0 atom stereocenters. The van der Waals surface area contributed by atoms with E-state index in [0.29, 0.717) is 0 Å². The minimum absolute atomic E-state index is 0.854. The molecule has 0 aliphatic heterocycles. The Balaban J connectivity index is 1.84. The van der Waals surface area contributed by atoms with E-state index in [0.717, 1.165) is 29.1 Å². The van der Waals surface area contributed by atoms with Crippen LogP contribution in [-0.4, -0.2) is 16.7 Å². The molecule has 3 nitrogen and oxygen atoms in total. The summed E-state index contributed by atoms with van der Waals surface area (Å²) in [5.41, 5.74) is 2.07. The minimum Gasteiger partial charge on any atom is -0.383 e. The molecule has 1 aromatic heterocycles. The third kappa shape index (κ3) is 1.73. The van der Waals surface area contributed by atoms with E-state index in [9.17, 15) is 0 Å². The van der Waals surface area contributed by atoms with Gasteiger partial charge in [-0.05, 0) is 24.8 Å². The Morgan fingerprint density at radius 3 is 2.94 bits per heavy atom. The Bertz CT molecular complexity index is 486. The largest absolute Gasteiger partial charge is 0.383 e. The highest BCUT2D eigenvalue weighted by Gasteiger charge is 2.17. The number of fused-ring (bicyclic) bond motifs is 1. The molecule has 0 spiro atoms. The van der Waals surface area contributed by atoms with Gasteiger partial charge in [-0.3, -0.25) is 0 Å². The number of hydrogen-bond donors (Lipinski definition) is 1. The average Bonchev–Trinajstić information content (AvgIpc) is 2.27. The van der Waals surface area contributed by atoms with E-state index >= 15 is 0 Å². The van der Waals surface area contributed by atoms with Crippen molar-refractivity contribution in [2.75, 3.05) is 11.9 Å². The second kappa shape index (κ2) is 4.08. The quantitative estimate of drug-likeness (QED) is 0.852. The van der Waals surface area contributed by atoms with Crippen molar-refractivity contribution < 1.29 is 0 Å². The van der Waals surface area contributed by atoms with Gasteiger partial charge in [0, 0.05) is 11.9 Å². The van der Waals surface area contributed by atoms with Gasteiger partial charge in [0.15, 0.2) is 0 Å². The maximum Gasteiger partial charge on any atom is 0.0950 e. The summed E-state index contributed by atoms with van der Waals surface area (Å²) >= 11 is 0. The lowest BCUT2D eigenvalue weighted by Gasteiger charge is -2.25. The van der Waals surface area contributed by atoms with Gasteiger partial charge in [-0.25, -0.2) is 0 Å². The smallest absolute Gasteiger partial charge is 0.0950 e. The van der Waals surface area contributed by atoms with Gasteiger partial charge in [0.2, 0.25) is 0 Å². The van der Waals surface area contributed by atoms with E-state index in [1.54, 1.807) is 0 Å². The summed E-state index contributed by atoms with van der Waals surface area (Å²) in [5, 5.41) is 12.8. The molecule has 0 amide bonds. The molecule has 1 aliphatic carbocycles. The topological polar surface area (TPSA) is 37.8 Å². The van der Waals surface area contributed by atoms with Crippen LogP contribution < -0.4 is 5.32 Å². The highest BCUT2D eigenvalue weighted by atomic mass is 15.1. The van der Waals surface area contributed by atoms with Gasteiger partial charge in [-0.15, -0.1) is 0 Å². The molecule has 0 bridgehead atoms. The summed E-state index contributed by atoms with van der Waals surface area (Å²) in [5.74, 6) is 0.854. The molecule has 82 valence electrons. The molecule has 1 saturated carbocycles. The van der Waals surface area contributed by atoms with E-state index in [4.69, 9.17) is 0 Å². The molecule has 3 heteroatoms. The second-order valence-corrected chi connectivity index (χ2v) is 4.45. The van der Waals surface area contributed by atoms with Crippen LogP contribution in [0.2, 0.25) is 0 Å². The van der Waals surface area contributed by atoms with E-state index in [1.165, 1.54) is 19.3 Å². The fourth-order valence-corrected chi connectivity index (χ4v) is 2.10. The number of nitrogens with one attached hydrogen (secondary N) is 1. The van der Waals surface area contributed by atoms with Crippen molar-refractivity contribution in [3.8, 4) is 0 Å². The zero-order valence-electron chi connectivity index (χ0n) is 9.19. The number of benzene rings is 1. The first kappa shape index (κ1) is 9.58. The molecule has 1 heterocycles. The maximum absolute atomic E-state index is 4.11. The molecule has 0 radical (unpaired) electrons. The first-order valence-corrected chi connectivity index (χ1v) is 5.88. The Labute approximate surface area is 94.9 Å². The van der Waals surface area contributed by atoms with Crippen molar-refractivity contribution in [3.63, 3.8) is 0 Å². The molecule has 1 fully saturated rings. The van der Waals surface area contributed by atoms with E-state index in [-0.39, 0.29) is 0 Å². The zero-order chi connectivity index (χ0) is 10.8. The van der Waals surface area contributed by atoms with Gasteiger partial charge < -0.3 is 5.32 Å². The van der Waals surface area contributed by atoms with Gasteiger partial charge >= 0.3 is 0 Å². The maximum atomic E-state index is 4.11. The highest BCUT2D eigenvalue weighted by molar-refractivity contribution is 5.90. The third-order valence-electron chi connectivity index (χ3n) is 3.35. The van der Waals surface area contributed by atoms with Crippen molar-refractivity contribution in [1.82, 2.24) is 10.2 Å². The molecule has 16 heavy (non-hydrogen) atoms. The molecule has 2 aromatic rings. The van der Waals surface area contributed by atoms with Crippen molar-refractivity contribution in [1.29, 1.82) is 0 Å². The molecular formula is C13H15N3. The van der Waals surface area contributed by atoms with Crippen LogP contribution in [0.5, 0.6) is 0 Å². The zero-order valence-corrected chi connectivity index (χ0v) is 9.19. The number of rotatable bonds is 3. The predicted octanol–water partition coefficient (Wildman–Crippen LogP) is 2.84. The first-order chi connectivity index (χ1) is 7.93. The van der Waals surface area contributed by atoms with Crippen LogP contribution >= 0.6 is 0 Å². The van der Waals surface area contributed by atoms with Crippen LogP contribution in [0.4, 0.5) is 5.69 Å². The van der Waals surface area contributed by atoms with E-state index in [1.807, 2.05) is 24.4 Å². The number of hydrogen-bond acceptors (Lipinski definition) is 3. The van der Waals surface area contributed by atoms with Crippen molar-refractivity contribution >= 4 is 16.6 Å². The molecule has 1 N–H and O–H groups in total. The summed E-state index contributed by atoms with van der Waals surface area (Å²) < 4.78 is 0. The van der Waals surface area contributed by atoms with Gasteiger partial charge in [-0.1, -0.05) is 24.6 Å². The number of anilines is 1. The van der Waals surface area contributed by atoms with Crippen LogP contribution in [0, 0.1) is 5.92 Å². The lowest BCUT2D eigenvalue weighted by atomic mass is 9.85. The first-order valence-electron chi connectivity index (χ1n) is 5.88. The fourth-order valence-electron chi connectivity index (χ4n) is 2.10. The van der Waals surface area contributed by atoms with Crippen LogP contribution in [-0.2, 0) is 0 Å². The van der Waals surface area contributed by atoms with Crippen molar-refractivity contribution in [2.45, 2.75) is 19.3 Å². The van der Waals surface area contributed by atoms with Gasteiger partial charge in [-0.2, -0.15) is 10.2 Å². The van der Waals surface area contributed by atoms with Gasteiger partial charge in [0.1, 0.15) is 0 Å². The fraction of sp³-hybridized carbons (Fsp3) is 0.385. The third-order valence-corrected chi connectivity index (χ3v) is 3.35. The monoisotopic (exact) mass is 213 g/mol. The lowest BCUT2D eigenvalue weighted by Crippen LogP contribution is -2.21. The SMILES string of the molecule is c1ccc2c(NCC3CCC3)cnnc2c1. The summed E-state index contributed by atoms with van der Waals surface area (Å²) in [6, 6.07) is 8.12. The minimum atomic E-state index is 0.854. The highest BCUT2D eigenvalue weighted by Crippen LogP contribution is 2.27. The summed E-state index contributed by atoms with van der Waals surface area (Å²) in [4.78, 5) is 0. The lowest BCUT2D eigenvalue weighted by molar-refractivity contribution is 0.333. The van der Waals surface area contributed by atoms with E-state index in [2.05, 4.69) is 21.6 Å². The number of aromatic nitrogens is 2. The molecule has 1 aliphatic rings. The van der Waals surface area contributed by atoms with Crippen molar-refractivity contribution in [3.05, 3.63) is 30.5 Å². The predicted molar refractivity (Wildman–Crippen MR) is 65.4 cm³/mol. The molecule has 0 saturated heterocycles. The van der Waals surface area contributed by atoms with Gasteiger partial charge in [0.25, 0.3) is 0 Å². The molecule has 1 aromatic carbocycles. The average molecular weight is 213 g/mol. The summed E-state index contributed by atoms with van der Waals surface area (Å²) in [7, 11) is 0. The Morgan fingerprint density at radius 1 is 1.25 bits per heavy atom. The Kier molecular flexibility index (Phi) is 2.44. The van der Waals surface area contributed by atoms with Crippen LogP contribution in [0.25, 0.3) is 10.9 Å². The number of nitrogens with zero attached hydrogens (tertiary/aromatic N) is 2. The second-order valence-electron chi connectivity index (χ2n) is 4.45. The van der Waals surface area contributed by atoms with Gasteiger partial charge in [0.05, 0.1) is 17.4 Å². The molecule has 3 rings (SSSR count). The van der Waals surface area contributed by atoms with Crippen LogP contribution in [0.1, 0.15) is 19.3 Å². The standard InChI is InChI=1S/C13H15N3/c1-2-7-12-11(6-1)13(9-15-16-12)14-8-10-4-3-5-10/h1-2,6-7,9-10H,3-5,8H2,(H,14,16). The van der Waals surface area contributed by atoms with Crippen LogP contribution in [0.3, 0.4) is 0 Å². The van der Waals surface area contributed by atoms with E-state index < -0.39 is 0 Å². The Hall–Kier alpha value is -1.64. The van der Waals surface area contributed by atoms with Crippen molar-refractivity contribution in [2.24, 2.45) is 5.92 Å². The normalized spacial score (nSPS) is 16.0. The molecule has 0 unspecified atom stereocenters.